The van der Waals surface area contributed by atoms with Gasteiger partial charge in [0.1, 0.15) is 17.7 Å². The van der Waals surface area contributed by atoms with Crippen molar-refractivity contribution in [2.45, 2.75) is 52.7 Å². The Balaban J connectivity index is 1.79. The quantitative estimate of drug-likeness (QED) is 0.489. The summed E-state index contributed by atoms with van der Waals surface area (Å²) in [6.07, 6.45) is 7.12. The highest BCUT2D eigenvalue weighted by Gasteiger charge is 2.43. The van der Waals surface area contributed by atoms with Gasteiger partial charge in [0.05, 0.1) is 5.54 Å². The Bertz CT molecular complexity index is 1210. The first-order chi connectivity index (χ1) is 14.6. The zero-order valence-corrected chi connectivity index (χ0v) is 19.3. The Hall–Kier alpha value is -2.52. The van der Waals surface area contributed by atoms with Crippen molar-refractivity contribution in [3.63, 3.8) is 0 Å². The lowest BCUT2D eigenvalue weighted by atomic mass is 9.70. The van der Waals surface area contributed by atoms with Gasteiger partial charge in [0, 0.05) is 32.8 Å². The molecule has 5 rings (SSSR count). The summed E-state index contributed by atoms with van der Waals surface area (Å²) in [4.78, 5) is 0. The number of hydrogen-bond acceptors (Lipinski definition) is 2. The highest BCUT2D eigenvalue weighted by molar-refractivity contribution is 6.32. The third-order valence-electron chi connectivity index (χ3n) is 6.66. The Morgan fingerprint density at radius 2 is 1.81 bits per heavy atom. The van der Waals surface area contributed by atoms with E-state index in [9.17, 15) is 4.39 Å². The van der Waals surface area contributed by atoms with Crippen molar-refractivity contribution in [1.82, 2.24) is 0 Å². The fourth-order valence-corrected chi connectivity index (χ4v) is 5.53. The van der Waals surface area contributed by atoms with Gasteiger partial charge in [-0.05, 0) is 75.1 Å². The molecular weight excluding hydrogens is 409 g/mol. The molecule has 2 aliphatic heterocycles. The molecule has 3 aliphatic rings. The summed E-state index contributed by atoms with van der Waals surface area (Å²) in [6, 6.07) is 9.02. The number of benzene rings is 2. The average molecular weight is 436 g/mol. The molecule has 0 amide bonds. The third-order valence-corrected chi connectivity index (χ3v) is 7.11. The van der Waals surface area contributed by atoms with Gasteiger partial charge >= 0.3 is 0 Å². The Labute approximate surface area is 188 Å². The first-order valence-corrected chi connectivity index (χ1v) is 11.1. The van der Waals surface area contributed by atoms with Gasteiger partial charge in [-0.2, -0.15) is 0 Å². The van der Waals surface area contributed by atoms with Crippen LogP contribution in [0.2, 0.25) is 0 Å². The number of rotatable bonds is 1. The fraction of sp³-hybridized carbons (Fsp3) is 0.333. The summed E-state index contributed by atoms with van der Waals surface area (Å²) in [7, 11) is 0. The molecule has 2 nitrogen and oxygen atoms in total. The molecule has 4 heteroatoms. The second kappa shape index (κ2) is 6.74. The Morgan fingerprint density at radius 3 is 2.55 bits per heavy atom. The zero-order chi connectivity index (χ0) is 22.1. The van der Waals surface area contributed by atoms with Crippen LogP contribution >= 0.6 is 11.6 Å². The van der Waals surface area contributed by atoms with Crippen LogP contribution in [0.5, 0.6) is 5.75 Å². The molecule has 0 fully saturated rings. The molecule has 31 heavy (non-hydrogen) atoms. The predicted molar refractivity (Wildman–Crippen MR) is 127 cm³/mol. The monoisotopic (exact) mass is 435 g/mol. The summed E-state index contributed by atoms with van der Waals surface area (Å²) < 4.78 is 20.9. The zero-order valence-electron chi connectivity index (χ0n) is 18.6. The average Bonchev–Trinajstić information content (AvgIpc) is 2.69. The lowest BCUT2D eigenvalue weighted by Crippen LogP contribution is -2.35. The summed E-state index contributed by atoms with van der Waals surface area (Å²) >= 11 is 6.39. The summed E-state index contributed by atoms with van der Waals surface area (Å²) in [6.45, 7) is 10.7. The standard InChI is InChI=1S/C27H27ClFNO/c1-15-14-27(5,11-10-20(15)28)25-24-18(19-12-17(29)6-9-22(19)31-25)7-8-21-23(24)16(2)13-26(3,4)30-21/h6-10,12-14,25,30H,11H2,1-5H3. The molecule has 0 saturated heterocycles. The molecule has 1 aliphatic carbocycles. The maximum Gasteiger partial charge on any atom is 0.134 e. The second-order valence-corrected chi connectivity index (χ2v) is 10.3. The van der Waals surface area contributed by atoms with Crippen LogP contribution < -0.4 is 10.1 Å². The van der Waals surface area contributed by atoms with E-state index < -0.39 is 0 Å². The summed E-state index contributed by atoms with van der Waals surface area (Å²) in [5.74, 6) is 0.461. The highest BCUT2D eigenvalue weighted by atomic mass is 35.5. The normalized spacial score (nSPS) is 25.6. The van der Waals surface area contributed by atoms with E-state index >= 15 is 0 Å². The molecular formula is C27H27ClFNO. The smallest absolute Gasteiger partial charge is 0.134 e. The van der Waals surface area contributed by atoms with Crippen LogP contribution in [0.3, 0.4) is 0 Å². The lowest BCUT2D eigenvalue weighted by molar-refractivity contribution is 0.0918. The minimum Gasteiger partial charge on any atom is -0.484 e. The van der Waals surface area contributed by atoms with E-state index in [2.05, 4.69) is 63.4 Å². The largest absolute Gasteiger partial charge is 0.484 e. The molecule has 0 spiro atoms. The molecule has 1 N–H and O–H groups in total. The van der Waals surface area contributed by atoms with Crippen molar-refractivity contribution < 1.29 is 9.13 Å². The van der Waals surface area contributed by atoms with Gasteiger partial charge in [-0.25, -0.2) is 4.39 Å². The Morgan fingerprint density at radius 1 is 1.03 bits per heavy atom. The minimum atomic E-state index is -0.286. The number of halogens is 2. The SMILES string of the molecule is CC1=CC(C)(C2Oc3ccc(F)cc3-c3ccc4c(c32)C(C)=CC(C)(C)N4)CC=C1Cl. The van der Waals surface area contributed by atoms with Crippen molar-refractivity contribution in [1.29, 1.82) is 0 Å². The topological polar surface area (TPSA) is 21.3 Å². The van der Waals surface area contributed by atoms with Gasteiger partial charge in [-0.15, -0.1) is 0 Å². The second-order valence-electron chi connectivity index (χ2n) is 9.85. The molecule has 2 aromatic carbocycles. The first kappa shape index (κ1) is 20.4. The molecule has 2 atom stereocenters. The number of nitrogens with one attached hydrogen (secondary N) is 1. The summed E-state index contributed by atoms with van der Waals surface area (Å²) in [5.41, 5.74) is 7.04. The predicted octanol–water partition coefficient (Wildman–Crippen LogP) is 8.01. The molecule has 2 unspecified atom stereocenters. The van der Waals surface area contributed by atoms with Crippen LogP contribution in [-0.4, -0.2) is 5.54 Å². The number of allylic oxidation sites excluding steroid dienone is 4. The van der Waals surface area contributed by atoms with Gasteiger partial charge < -0.3 is 10.1 Å². The molecule has 0 bridgehead atoms. The van der Waals surface area contributed by atoms with Gasteiger partial charge in [-0.3, -0.25) is 0 Å². The van der Waals surface area contributed by atoms with E-state index in [-0.39, 0.29) is 22.9 Å². The molecule has 0 aromatic heterocycles. The molecule has 0 saturated carbocycles. The number of ether oxygens (including phenoxy) is 1. The van der Waals surface area contributed by atoms with Crippen molar-refractivity contribution in [2.24, 2.45) is 5.41 Å². The van der Waals surface area contributed by atoms with E-state index in [0.29, 0.717) is 0 Å². The van der Waals surface area contributed by atoms with Crippen molar-refractivity contribution in [3.05, 3.63) is 76.1 Å². The van der Waals surface area contributed by atoms with E-state index in [1.165, 1.54) is 11.6 Å². The van der Waals surface area contributed by atoms with E-state index in [0.717, 1.165) is 50.7 Å². The van der Waals surface area contributed by atoms with Gasteiger partial charge in [0.15, 0.2) is 0 Å². The van der Waals surface area contributed by atoms with Crippen LogP contribution in [0.4, 0.5) is 10.1 Å². The van der Waals surface area contributed by atoms with Crippen LogP contribution in [-0.2, 0) is 0 Å². The summed E-state index contributed by atoms with van der Waals surface area (Å²) in [5, 5.41) is 4.45. The van der Waals surface area contributed by atoms with Crippen LogP contribution in [0.25, 0.3) is 16.7 Å². The van der Waals surface area contributed by atoms with Crippen LogP contribution in [0, 0.1) is 11.2 Å². The van der Waals surface area contributed by atoms with Crippen molar-refractivity contribution in [2.75, 3.05) is 5.32 Å². The molecule has 2 heterocycles. The number of anilines is 1. The van der Waals surface area contributed by atoms with Gasteiger partial charge in [0.25, 0.3) is 0 Å². The van der Waals surface area contributed by atoms with Crippen molar-refractivity contribution >= 4 is 22.9 Å². The third kappa shape index (κ3) is 3.22. The molecule has 0 radical (unpaired) electrons. The fourth-order valence-electron chi connectivity index (χ4n) is 5.39. The van der Waals surface area contributed by atoms with E-state index in [4.69, 9.17) is 16.3 Å². The van der Waals surface area contributed by atoms with Crippen LogP contribution in [0.15, 0.2) is 59.2 Å². The number of fused-ring (bicyclic) bond motifs is 5. The lowest BCUT2D eigenvalue weighted by Gasteiger charge is -2.43. The van der Waals surface area contributed by atoms with E-state index in [1.54, 1.807) is 12.1 Å². The number of hydrogen-bond donors (Lipinski definition) is 1. The van der Waals surface area contributed by atoms with Gasteiger partial charge in [-0.1, -0.05) is 42.8 Å². The van der Waals surface area contributed by atoms with Crippen LogP contribution in [0.1, 0.15) is 58.3 Å². The van der Waals surface area contributed by atoms with E-state index in [1.807, 2.05) is 6.92 Å². The van der Waals surface area contributed by atoms with Crippen molar-refractivity contribution in [3.8, 4) is 16.9 Å². The molecule has 160 valence electrons. The molecule has 2 aromatic rings. The maximum absolute atomic E-state index is 14.2. The minimum absolute atomic E-state index is 0.137. The highest BCUT2D eigenvalue weighted by Crippen LogP contribution is 2.56. The first-order valence-electron chi connectivity index (χ1n) is 10.7. The Kier molecular flexibility index (Phi) is 4.43. The maximum atomic E-state index is 14.2. The van der Waals surface area contributed by atoms with Gasteiger partial charge in [0.2, 0.25) is 0 Å².